The lowest BCUT2D eigenvalue weighted by molar-refractivity contribution is 0.263. The van der Waals surface area contributed by atoms with Crippen LogP contribution in [0.4, 0.5) is 8.78 Å². The Kier molecular flexibility index (Phi) is 8.23. The summed E-state index contributed by atoms with van der Waals surface area (Å²) in [5, 5.41) is 11.8. The summed E-state index contributed by atoms with van der Waals surface area (Å²) in [6.45, 7) is 4.83. The molecule has 0 aromatic heterocycles. The number of ether oxygens (including phenoxy) is 1. The minimum absolute atomic E-state index is 0.177. The Balaban J connectivity index is 2.47. The summed E-state index contributed by atoms with van der Waals surface area (Å²) in [6.07, 6.45) is 3.24. The van der Waals surface area contributed by atoms with Crippen molar-refractivity contribution in [3.8, 4) is 5.75 Å². The van der Waals surface area contributed by atoms with Gasteiger partial charge in [0.2, 0.25) is 0 Å². The highest BCUT2D eigenvalue weighted by Gasteiger charge is 2.12. The Hall–Kier alpha value is -1.20. The maximum atomic E-state index is 13.8. The SMILES string of the molecule is CC(C)NCc1cc(F)c(OCCCCCCO)c(F)c1. The standard InChI is InChI=1S/C16H25F2NO2/c1-12(2)19-11-13-9-14(17)16(15(18)10-13)21-8-6-4-3-5-7-20/h9-10,12,19-20H,3-8,11H2,1-2H3. The number of rotatable bonds is 10. The van der Waals surface area contributed by atoms with Crippen LogP contribution in [0, 0.1) is 11.6 Å². The molecule has 21 heavy (non-hydrogen) atoms. The summed E-state index contributed by atoms with van der Waals surface area (Å²) in [6, 6.07) is 2.87. The van der Waals surface area contributed by atoms with Crippen molar-refractivity contribution >= 4 is 0 Å². The Morgan fingerprint density at radius 3 is 2.29 bits per heavy atom. The molecule has 0 atom stereocenters. The number of benzene rings is 1. The number of halogens is 2. The molecule has 3 nitrogen and oxygen atoms in total. The van der Waals surface area contributed by atoms with Crippen LogP contribution >= 0.6 is 0 Å². The smallest absolute Gasteiger partial charge is 0.190 e. The Morgan fingerprint density at radius 2 is 1.71 bits per heavy atom. The van der Waals surface area contributed by atoms with E-state index in [2.05, 4.69) is 5.32 Å². The van der Waals surface area contributed by atoms with Gasteiger partial charge >= 0.3 is 0 Å². The minimum Gasteiger partial charge on any atom is -0.488 e. The zero-order chi connectivity index (χ0) is 15.7. The summed E-state index contributed by atoms with van der Waals surface area (Å²) in [7, 11) is 0. The Bertz CT molecular complexity index is 402. The second-order valence-corrected chi connectivity index (χ2v) is 5.41. The van der Waals surface area contributed by atoms with E-state index < -0.39 is 11.6 Å². The topological polar surface area (TPSA) is 41.5 Å². The van der Waals surface area contributed by atoms with Crippen molar-refractivity contribution in [2.24, 2.45) is 0 Å². The van der Waals surface area contributed by atoms with Crippen LogP contribution in [0.3, 0.4) is 0 Å². The predicted molar refractivity (Wildman–Crippen MR) is 79.4 cm³/mol. The molecule has 0 aliphatic rings. The maximum Gasteiger partial charge on any atom is 0.190 e. The van der Waals surface area contributed by atoms with Crippen LogP contribution in [0.1, 0.15) is 45.1 Å². The van der Waals surface area contributed by atoms with Gasteiger partial charge in [0.05, 0.1) is 6.61 Å². The molecule has 0 radical (unpaired) electrons. The lowest BCUT2D eigenvalue weighted by Gasteiger charge is -2.12. The van der Waals surface area contributed by atoms with Crippen molar-refractivity contribution in [2.75, 3.05) is 13.2 Å². The molecule has 120 valence electrons. The predicted octanol–water partition coefficient (Wildman–Crippen LogP) is 3.39. The molecule has 0 saturated carbocycles. The summed E-state index contributed by atoms with van der Waals surface area (Å²) in [4.78, 5) is 0. The molecule has 0 fully saturated rings. The quantitative estimate of drug-likeness (QED) is 0.651. The van der Waals surface area contributed by atoms with E-state index in [0.717, 1.165) is 25.7 Å². The number of aliphatic hydroxyl groups excluding tert-OH is 1. The van der Waals surface area contributed by atoms with Gasteiger partial charge in [-0.05, 0) is 37.0 Å². The third-order valence-electron chi connectivity index (χ3n) is 3.07. The highest BCUT2D eigenvalue weighted by Crippen LogP contribution is 2.23. The molecule has 1 aromatic rings. The van der Waals surface area contributed by atoms with Crippen molar-refractivity contribution in [1.82, 2.24) is 5.32 Å². The van der Waals surface area contributed by atoms with Gasteiger partial charge in [-0.1, -0.05) is 20.3 Å². The molecule has 0 spiro atoms. The molecule has 0 heterocycles. The Morgan fingerprint density at radius 1 is 1.10 bits per heavy atom. The first kappa shape index (κ1) is 17.9. The van der Waals surface area contributed by atoms with Crippen LogP contribution in [-0.4, -0.2) is 24.4 Å². The van der Waals surface area contributed by atoms with Gasteiger partial charge in [0, 0.05) is 19.2 Å². The third-order valence-corrected chi connectivity index (χ3v) is 3.07. The van der Waals surface area contributed by atoms with E-state index >= 15 is 0 Å². The van der Waals surface area contributed by atoms with Gasteiger partial charge in [-0.2, -0.15) is 0 Å². The Labute approximate surface area is 125 Å². The molecule has 2 N–H and O–H groups in total. The second kappa shape index (κ2) is 9.68. The average molecular weight is 301 g/mol. The van der Waals surface area contributed by atoms with Gasteiger partial charge in [0.15, 0.2) is 17.4 Å². The summed E-state index contributed by atoms with van der Waals surface area (Å²) < 4.78 is 32.9. The summed E-state index contributed by atoms with van der Waals surface area (Å²) in [5.74, 6) is -1.62. The molecule has 0 saturated heterocycles. The van der Waals surface area contributed by atoms with E-state index in [1.807, 2.05) is 13.8 Å². The molecule has 0 unspecified atom stereocenters. The van der Waals surface area contributed by atoms with Crippen molar-refractivity contribution in [2.45, 2.75) is 52.1 Å². The van der Waals surface area contributed by atoms with Gasteiger partial charge in [-0.25, -0.2) is 8.78 Å². The molecular weight excluding hydrogens is 276 g/mol. The van der Waals surface area contributed by atoms with Crippen LogP contribution in [0.25, 0.3) is 0 Å². The fraction of sp³-hybridized carbons (Fsp3) is 0.625. The fourth-order valence-corrected chi connectivity index (χ4v) is 1.92. The molecule has 0 bridgehead atoms. The molecule has 0 amide bonds. The number of unbranched alkanes of at least 4 members (excludes halogenated alkanes) is 3. The van der Waals surface area contributed by atoms with Gasteiger partial charge in [0.25, 0.3) is 0 Å². The second-order valence-electron chi connectivity index (χ2n) is 5.41. The third kappa shape index (κ3) is 6.87. The first-order chi connectivity index (χ1) is 10.0. The average Bonchev–Trinajstić information content (AvgIpc) is 2.42. The van der Waals surface area contributed by atoms with Crippen LogP contribution in [0.2, 0.25) is 0 Å². The highest BCUT2D eigenvalue weighted by atomic mass is 19.1. The number of nitrogens with one attached hydrogen (secondary N) is 1. The molecule has 0 aliphatic carbocycles. The van der Waals surface area contributed by atoms with Crippen LogP contribution in [-0.2, 0) is 6.54 Å². The molecular formula is C16H25F2NO2. The summed E-state index contributed by atoms with van der Waals surface area (Å²) in [5.41, 5.74) is 0.564. The molecule has 1 rings (SSSR count). The zero-order valence-electron chi connectivity index (χ0n) is 12.8. The number of hydrogen-bond donors (Lipinski definition) is 2. The van der Waals surface area contributed by atoms with Crippen molar-refractivity contribution in [3.05, 3.63) is 29.3 Å². The van der Waals surface area contributed by atoms with Gasteiger partial charge in [-0.3, -0.25) is 0 Å². The number of aliphatic hydroxyl groups is 1. The van der Waals surface area contributed by atoms with Crippen molar-refractivity contribution < 1.29 is 18.6 Å². The van der Waals surface area contributed by atoms with Crippen molar-refractivity contribution in [3.63, 3.8) is 0 Å². The molecule has 5 heteroatoms. The zero-order valence-corrected chi connectivity index (χ0v) is 12.8. The highest BCUT2D eigenvalue weighted by molar-refractivity contribution is 5.31. The van der Waals surface area contributed by atoms with Crippen molar-refractivity contribution in [1.29, 1.82) is 0 Å². The maximum absolute atomic E-state index is 13.8. The lowest BCUT2D eigenvalue weighted by atomic mass is 10.2. The first-order valence-electron chi connectivity index (χ1n) is 7.49. The van der Waals surface area contributed by atoms with Gasteiger partial charge in [0.1, 0.15) is 0 Å². The van der Waals surface area contributed by atoms with E-state index in [9.17, 15) is 8.78 Å². The fourth-order valence-electron chi connectivity index (χ4n) is 1.92. The van der Waals surface area contributed by atoms with E-state index in [-0.39, 0.29) is 25.0 Å². The van der Waals surface area contributed by atoms with Gasteiger partial charge < -0.3 is 15.2 Å². The van der Waals surface area contributed by atoms with E-state index in [1.165, 1.54) is 12.1 Å². The van der Waals surface area contributed by atoms with E-state index in [1.54, 1.807) is 0 Å². The van der Waals surface area contributed by atoms with Crippen LogP contribution < -0.4 is 10.1 Å². The largest absolute Gasteiger partial charge is 0.488 e. The molecule has 1 aromatic carbocycles. The minimum atomic E-state index is -0.661. The van der Waals surface area contributed by atoms with Crippen LogP contribution in [0.5, 0.6) is 5.75 Å². The summed E-state index contributed by atoms with van der Waals surface area (Å²) >= 11 is 0. The number of hydrogen-bond acceptors (Lipinski definition) is 3. The normalized spacial score (nSPS) is 11.1. The molecule has 0 aliphatic heterocycles. The first-order valence-corrected chi connectivity index (χ1v) is 7.49. The lowest BCUT2D eigenvalue weighted by Crippen LogP contribution is -2.22. The van der Waals surface area contributed by atoms with E-state index in [4.69, 9.17) is 9.84 Å². The van der Waals surface area contributed by atoms with E-state index in [0.29, 0.717) is 12.1 Å². The van der Waals surface area contributed by atoms with Crippen LogP contribution in [0.15, 0.2) is 12.1 Å². The van der Waals surface area contributed by atoms with Gasteiger partial charge in [-0.15, -0.1) is 0 Å². The monoisotopic (exact) mass is 301 g/mol.